The summed E-state index contributed by atoms with van der Waals surface area (Å²) in [6.45, 7) is 2.19. The van der Waals surface area contributed by atoms with E-state index in [1.165, 1.54) is 11.8 Å². The number of aromatic nitrogens is 1. The summed E-state index contributed by atoms with van der Waals surface area (Å²) >= 11 is 0. The van der Waals surface area contributed by atoms with Crippen molar-refractivity contribution < 1.29 is 5.11 Å². The molecule has 0 aliphatic heterocycles. The van der Waals surface area contributed by atoms with Crippen molar-refractivity contribution >= 4 is 10.9 Å². The minimum atomic E-state index is -0.630. The monoisotopic (exact) mass is 243 g/mol. The van der Waals surface area contributed by atoms with Crippen LogP contribution in [0.5, 0.6) is 0 Å². The number of aromatic amines is 1. The largest absolute Gasteiger partial charge is 0.385 e. The topological polar surface area (TPSA) is 36.0 Å². The molecule has 0 bridgehead atoms. The Hall–Kier alpha value is -1.28. The number of rotatable bonds is 2. The zero-order chi connectivity index (χ0) is 12.6. The first-order chi connectivity index (χ1) is 8.75. The lowest BCUT2D eigenvalue weighted by atomic mass is 9.70. The SMILES string of the molecule is CCC1CCCCC1(O)c1cccc2[nH]ccc12. The zero-order valence-corrected chi connectivity index (χ0v) is 10.9. The Morgan fingerprint density at radius 2 is 2.22 bits per heavy atom. The van der Waals surface area contributed by atoms with Crippen LogP contribution in [-0.4, -0.2) is 10.1 Å². The van der Waals surface area contributed by atoms with Gasteiger partial charge in [0.05, 0.1) is 5.60 Å². The first-order valence-corrected chi connectivity index (χ1v) is 7.04. The van der Waals surface area contributed by atoms with Crippen LogP contribution in [0.15, 0.2) is 30.5 Å². The molecule has 1 heterocycles. The molecule has 2 nitrogen and oxygen atoms in total. The van der Waals surface area contributed by atoms with Crippen molar-refractivity contribution in [1.29, 1.82) is 0 Å². The summed E-state index contributed by atoms with van der Waals surface area (Å²) in [7, 11) is 0. The lowest BCUT2D eigenvalue weighted by Crippen LogP contribution is -2.37. The highest BCUT2D eigenvalue weighted by Crippen LogP contribution is 2.45. The van der Waals surface area contributed by atoms with Gasteiger partial charge in [0.15, 0.2) is 0 Å². The number of fused-ring (bicyclic) bond motifs is 1. The number of aliphatic hydroxyl groups is 1. The molecule has 1 aliphatic carbocycles. The quantitative estimate of drug-likeness (QED) is 0.823. The van der Waals surface area contributed by atoms with Gasteiger partial charge in [0, 0.05) is 17.1 Å². The molecule has 0 saturated heterocycles. The lowest BCUT2D eigenvalue weighted by molar-refractivity contribution is -0.0545. The zero-order valence-electron chi connectivity index (χ0n) is 10.9. The van der Waals surface area contributed by atoms with E-state index in [0.29, 0.717) is 5.92 Å². The highest BCUT2D eigenvalue weighted by Gasteiger charge is 2.40. The van der Waals surface area contributed by atoms with Gasteiger partial charge >= 0.3 is 0 Å². The molecule has 0 radical (unpaired) electrons. The van der Waals surface area contributed by atoms with E-state index < -0.39 is 5.60 Å². The molecular formula is C16H21NO. The van der Waals surface area contributed by atoms with Gasteiger partial charge in [-0.05, 0) is 36.5 Å². The van der Waals surface area contributed by atoms with Crippen LogP contribution in [-0.2, 0) is 5.60 Å². The fourth-order valence-corrected chi connectivity index (χ4v) is 3.59. The van der Waals surface area contributed by atoms with Crippen LogP contribution in [0.1, 0.15) is 44.6 Å². The average molecular weight is 243 g/mol. The molecule has 1 aromatic carbocycles. The maximum absolute atomic E-state index is 11.2. The Morgan fingerprint density at radius 1 is 1.33 bits per heavy atom. The van der Waals surface area contributed by atoms with Crippen molar-refractivity contribution in [2.24, 2.45) is 5.92 Å². The minimum absolute atomic E-state index is 0.395. The van der Waals surface area contributed by atoms with Gasteiger partial charge in [-0.1, -0.05) is 38.3 Å². The third-order valence-electron chi connectivity index (χ3n) is 4.59. The van der Waals surface area contributed by atoms with Gasteiger partial charge in [0.2, 0.25) is 0 Å². The van der Waals surface area contributed by atoms with E-state index in [-0.39, 0.29) is 0 Å². The van der Waals surface area contributed by atoms with E-state index in [4.69, 9.17) is 0 Å². The normalized spacial score (nSPS) is 28.7. The summed E-state index contributed by atoms with van der Waals surface area (Å²) in [5.74, 6) is 0.395. The van der Waals surface area contributed by atoms with Crippen molar-refractivity contribution in [2.45, 2.75) is 44.6 Å². The molecule has 1 aromatic heterocycles. The average Bonchev–Trinajstić information content (AvgIpc) is 2.87. The molecule has 2 unspecified atom stereocenters. The lowest BCUT2D eigenvalue weighted by Gasteiger charge is -2.40. The van der Waals surface area contributed by atoms with Gasteiger partial charge in [-0.15, -0.1) is 0 Å². The van der Waals surface area contributed by atoms with Gasteiger partial charge in [-0.3, -0.25) is 0 Å². The predicted molar refractivity (Wildman–Crippen MR) is 74.4 cm³/mol. The molecular weight excluding hydrogens is 222 g/mol. The fourth-order valence-electron chi connectivity index (χ4n) is 3.59. The van der Waals surface area contributed by atoms with E-state index in [1.54, 1.807) is 0 Å². The third kappa shape index (κ3) is 1.67. The standard InChI is InChI=1S/C16H21NO/c1-2-12-6-3-4-10-16(12,18)14-7-5-8-15-13(14)9-11-17-15/h5,7-9,11-12,17-18H,2-4,6,10H2,1H3. The Labute approximate surface area is 108 Å². The molecule has 1 fully saturated rings. The van der Waals surface area contributed by atoms with Crippen LogP contribution in [0.4, 0.5) is 0 Å². The number of nitrogens with one attached hydrogen (secondary N) is 1. The Balaban J connectivity index is 2.14. The second kappa shape index (κ2) is 4.43. The van der Waals surface area contributed by atoms with Crippen molar-refractivity contribution in [2.75, 3.05) is 0 Å². The van der Waals surface area contributed by atoms with Crippen LogP contribution >= 0.6 is 0 Å². The third-order valence-corrected chi connectivity index (χ3v) is 4.59. The number of H-pyrrole nitrogens is 1. The van der Waals surface area contributed by atoms with Crippen molar-refractivity contribution in [3.05, 3.63) is 36.0 Å². The number of hydrogen-bond acceptors (Lipinski definition) is 1. The summed E-state index contributed by atoms with van der Waals surface area (Å²) in [6.07, 6.45) is 7.44. The first kappa shape index (κ1) is 11.8. The van der Waals surface area contributed by atoms with Crippen molar-refractivity contribution in [3.8, 4) is 0 Å². The van der Waals surface area contributed by atoms with Gasteiger partial charge in [0.1, 0.15) is 0 Å². The molecule has 96 valence electrons. The van der Waals surface area contributed by atoms with Gasteiger partial charge in [-0.25, -0.2) is 0 Å². The van der Waals surface area contributed by atoms with E-state index in [1.807, 2.05) is 12.3 Å². The van der Waals surface area contributed by atoms with Crippen LogP contribution in [0.25, 0.3) is 10.9 Å². The molecule has 2 atom stereocenters. The second-order valence-electron chi connectivity index (χ2n) is 5.52. The second-order valence-corrected chi connectivity index (χ2v) is 5.52. The van der Waals surface area contributed by atoms with Gasteiger partial charge in [0.25, 0.3) is 0 Å². The fraction of sp³-hybridized carbons (Fsp3) is 0.500. The number of hydrogen-bond donors (Lipinski definition) is 2. The molecule has 2 aromatic rings. The maximum Gasteiger partial charge on any atom is 0.0931 e. The van der Waals surface area contributed by atoms with Crippen LogP contribution < -0.4 is 0 Å². The summed E-state index contributed by atoms with van der Waals surface area (Å²) < 4.78 is 0. The van der Waals surface area contributed by atoms with E-state index in [0.717, 1.165) is 36.8 Å². The molecule has 0 spiro atoms. The molecule has 2 N–H and O–H groups in total. The molecule has 1 aliphatic rings. The van der Waals surface area contributed by atoms with E-state index in [9.17, 15) is 5.11 Å². The molecule has 3 rings (SSSR count). The highest BCUT2D eigenvalue weighted by molar-refractivity contribution is 5.83. The first-order valence-electron chi connectivity index (χ1n) is 7.04. The predicted octanol–water partition coefficient (Wildman–Crippen LogP) is 3.96. The number of benzene rings is 1. The minimum Gasteiger partial charge on any atom is -0.385 e. The van der Waals surface area contributed by atoms with Gasteiger partial charge < -0.3 is 10.1 Å². The van der Waals surface area contributed by atoms with E-state index >= 15 is 0 Å². The molecule has 1 saturated carbocycles. The smallest absolute Gasteiger partial charge is 0.0931 e. The van der Waals surface area contributed by atoms with Crippen molar-refractivity contribution in [1.82, 2.24) is 4.98 Å². The molecule has 2 heteroatoms. The Kier molecular flexibility index (Phi) is 2.90. The summed E-state index contributed by atoms with van der Waals surface area (Å²) in [6, 6.07) is 8.31. The Bertz CT molecular complexity index is 545. The van der Waals surface area contributed by atoms with Gasteiger partial charge in [-0.2, -0.15) is 0 Å². The van der Waals surface area contributed by atoms with E-state index in [2.05, 4.69) is 30.1 Å². The summed E-state index contributed by atoms with van der Waals surface area (Å²) in [5, 5.41) is 12.4. The Morgan fingerprint density at radius 3 is 3.06 bits per heavy atom. The summed E-state index contributed by atoms with van der Waals surface area (Å²) in [5.41, 5.74) is 1.61. The summed E-state index contributed by atoms with van der Waals surface area (Å²) in [4.78, 5) is 3.24. The van der Waals surface area contributed by atoms with Crippen molar-refractivity contribution in [3.63, 3.8) is 0 Å². The maximum atomic E-state index is 11.2. The molecule has 18 heavy (non-hydrogen) atoms. The molecule has 0 amide bonds. The van der Waals surface area contributed by atoms with Crippen LogP contribution in [0.2, 0.25) is 0 Å². The van der Waals surface area contributed by atoms with Crippen LogP contribution in [0, 0.1) is 5.92 Å². The van der Waals surface area contributed by atoms with Crippen LogP contribution in [0.3, 0.4) is 0 Å². The highest BCUT2D eigenvalue weighted by atomic mass is 16.3.